The summed E-state index contributed by atoms with van der Waals surface area (Å²) in [6, 6.07) is 5.85. The Hall–Kier alpha value is -2.30. The Morgan fingerprint density at radius 2 is 2.18 bits per heavy atom. The van der Waals surface area contributed by atoms with Crippen molar-refractivity contribution in [1.29, 1.82) is 0 Å². The van der Waals surface area contributed by atoms with Crippen LogP contribution in [0.2, 0.25) is 0 Å². The van der Waals surface area contributed by atoms with Crippen LogP contribution >= 0.6 is 0 Å². The van der Waals surface area contributed by atoms with Crippen LogP contribution < -0.4 is 11.1 Å². The first kappa shape index (κ1) is 11.2. The Kier molecular flexibility index (Phi) is 2.82. The summed E-state index contributed by atoms with van der Waals surface area (Å²) in [4.78, 5) is 11.8. The lowest BCUT2D eigenvalue weighted by atomic mass is 10.2. The normalized spacial score (nSPS) is 10.2. The molecule has 0 unspecified atom stereocenters. The first-order chi connectivity index (χ1) is 8.09. The number of nitrogens with one attached hydrogen (secondary N) is 1. The van der Waals surface area contributed by atoms with E-state index < -0.39 is 11.7 Å². The molecule has 17 heavy (non-hydrogen) atoms. The minimum Gasteiger partial charge on any atom is -0.459 e. The largest absolute Gasteiger partial charge is 0.459 e. The van der Waals surface area contributed by atoms with Crippen LogP contribution in [-0.2, 0) is 0 Å². The predicted octanol–water partition coefficient (Wildman–Crippen LogP) is 2.56. The molecule has 2 aromatic rings. The molecule has 88 valence electrons. The second kappa shape index (κ2) is 4.29. The summed E-state index contributed by atoms with van der Waals surface area (Å²) < 4.78 is 18.4. The average Bonchev–Trinajstić information content (AvgIpc) is 2.70. The van der Waals surface area contributed by atoms with Crippen molar-refractivity contribution in [3.63, 3.8) is 0 Å². The van der Waals surface area contributed by atoms with Crippen LogP contribution in [0.15, 0.2) is 34.9 Å². The molecule has 0 saturated carbocycles. The molecule has 3 N–H and O–H groups in total. The van der Waals surface area contributed by atoms with Crippen LogP contribution in [0.4, 0.5) is 15.8 Å². The summed E-state index contributed by atoms with van der Waals surface area (Å²) in [7, 11) is 0. The minimum absolute atomic E-state index is 0.0340. The van der Waals surface area contributed by atoms with Gasteiger partial charge in [-0.25, -0.2) is 4.39 Å². The molecule has 4 nitrogen and oxygen atoms in total. The molecule has 0 saturated heterocycles. The molecular weight excluding hydrogens is 223 g/mol. The number of hydrogen-bond acceptors (Lipinski definition) is 3. The first-order valence-corrected chi connectivity index (χ1v) is 4.99. The molecule has 1 heterocycles. The van der Waals surface area contributed by atoms with Crippen LogP contribution in [-0.4, -0.2) is 5.91 Å². The molecule has 0 radical (unpaired) electrons. The van der Waals surface area contributed by atoms with E-state index in [-0.39, 0.29) is 17.1 Å². The fourth-order valence-electron chi connectivity index (χ4n) is 1.45. The smallest absolute Gasteiger partial charge is 0.291 e. The fraction of sp³-hybridized carbons (Fsp3) is 0.0833. The van der Waals surface area contributed by atoms with Crippen molar-refractivity contribution in [2.24, 2.45) is 0 Å². The SMILES string of the molecule is Cc1ccoc1C(=O)Nc1c(N)cccc1F. The van der Waals surface area contributed by atoms with Gasteiger partial charge in [-0.05, 0) is 25.1 Å². The van der Waals surface area contributed by atoms with Gasteiger partial charge in [0.05, 0.1) is 12.0 Å². The van der Waals surface area contributed by atoms with Crippen molar-refractivity contribution >= 4 is 17.3 Å². The number of halogens is 1. The van der Waals surface area contributed by atoms with Crippen LogP contribution in [0.1, 0.15) is 16.1 Å². The third-order valence-electron chi connectivity index (χ3n) is 2.35. The molecule has 0 spiro atoms. The van der Waals surface area contributed by atoms with Gasteiger partial charge in [0.2, 0.25) is 0 Å². The van der Waals surface area contributed by atoms with E-state index in [0.29, 0.717) is 5.56 Å². The van der Waals surface area contributed by atoms with Crippen molar-refractivity contribution in [2.75, 3.05) is 11.1 Å². The number of para-hydroxylation sites is 1. The Balaban J connectivity index is 2.28. The molecule has 0 aliphatic carbocycles. The van der Waals surface area contributed by atoms with E-state index >= 15 is 0 Å². The number of rotatable bonds is 2. The van der Waals surface area contributed by atoms with E-state index in [1.165, 1.54) is 24.5 Å². The topological polar surface area (TPSA) is 68.3 Å². The van der Waals surface area contributed by atoms with Gasteiger partial charge < -0.3 is 15.5 Å². The number of aryl methyl sites for hydroxylation is 1. The number of carbonyl (C=O) groups is 1. The van der Waals surface area contributed by atoms with Gasteiger partial charge in [-0.3, -0.25) is 4.79 Å². The van der Waals surface area contributed by atoms with Crippen LogP contribution in [0, 0.1) is 12.7 Å². The zero-order chi connectivity index (χ0) is 12.4. The number of nitrogens with two attached hydrogens (primary N) is 1. The van der Waals surface area contributed by atoms with Crippen molar-refractivity contribution in [3.05, 3.63) is 47.7 Å². The zero-order valence-electron chi connectivity index (χ0n) is 9.16. The Bertz CT molecular complexity index is 543. The lowest BCUT2D eigenvalue weighted by Gasteiger charge is -2.07. The predicted molar refractivity (Wildman–Crippen MR) is 62.2 cm³/mol. The number of anilines is 2. The van der Waals surface area contributed by atoms with E-state index in [4.69, 9.17) is 10.2 Å². The van der Waals surface area contributed by atoms with Crippen LogP contribution in [0.5, 0.6) is 0 Å². The van der Waals surface area contributed by atoms with Gasteiger partial charge in [0, 0.05) is 5.56 Å². The lowest BCUT2D eigenvalue weighted by molar-refractivity contribution is 0.0995. The number of amides is 1. The molecule has 1 amide bonds. The molecule has 0 atom stereocenters. The van der Waals surface area contributed by atoms with Gasteiger partial charge in [-0.2, -0.15) is 0 Å². The summed E-state index contributed by atoms with van der Waals surface area (Å²) in [5, 5.41) is 2.39. The number of benzene rings is 1. The van der Waals surface area contributed by atoms with Crippen LogP contribution in [0.25, 0.3) is 0 Å². The monoisotopic (exact) mass is 234 g/mol. The zero-order valence-corrected chi connectivity index (χ0v) is 9.16. The molecular formula is C12H11FN2O2. The Morgan fingerprint density at radius 1 is 1.41 bits per heavy atom. The summed E-state index contributed by atoms with van der Waals surface area (Å²) in [5.41, 5.74) is 6.39. The van der Waals surface area contributed by atoms with Gasteiger partial charge in [-0.15, -0.1) is 0 Å². The maximum absolute atomic E-state index is 13.4. The van der Waals surface area contributed by atoms with E-state index in [0.717, 1.165) is 0 Å². The average molecular weight is 234 g/mol. The molecule has 0 bridgehead atoms. The van der Waals surface area contributed by atoms with Gasteiger partial charge >= 0.3 is 0 Å². The Morgan fingerprint density at radius 3 is 2.76 bits per heavy atom. The van der Waals surface area contributed by atoms with E-state index in [2.05, 4.69) is 5.32 Å². The third kappa shape index (κ3) is 2.13. The Labute approximate surface area is 97.2 Å². The van der Waals surface area contributed by atoms with Crippen molar-refractivity contribution in [2.45, 2.75) is 6.92 Å². The highest BCUT2D eigenvalue weighted by Gasteiger charge is 2.15. The molecule has 2 rings (SSSR count). The molecule has 1 aromatic heterocycles. The van der Waals surface area contributed by atoms with E-state index in [9.17, 15) is 9.18 Å². The fourth-order valence-corrected chi connectivity index (χ4v) is 1.45. The number of nitrogen functional groups attached to an aromatic ring is 1. The third-order valence-corrected chi connectivity index (χ3v) is 2.35. The highest BCUT2D eigenvalue weighted by Crippen LogP contribution is 2.23. The molecule has 5 heteroatoms. The summed E-state index contributed by atoms with van der Waals surface area (Å²) in [6.07, 6.45) is 1.40. The van der Waals surface area contributed by atoms with Crippen LogP contribution in [0.3, 0.4) is 0 Å². The summed E-state index contributed by atoms with van der Waals surface area (Å²) in [6.45, 7) is 1.73. The van der Waals surface area contributed by atoms with E-state index in [1.54, 1.807) is 13.0 Å². The quantitative estimate of drug-likeness (QED) is 0.784. The van der Waals surface area contributed by atoms with Gasteiger partial charge in [0.1, 0.15) is 11.5 Å². The van der Waals surface area contributed by atoms with Gasteiger partial charge in [-0.1, -0.05) is 6.07 Å². The summed E-state index contributed by atoms with van der Waals surface area (Å²) in [5.74, 6) is -0.959. The maximum Gasteiger partial charge on any atom is 0.291 e. The van der Waals surface area contributed by atoms with E-state index in [1.807, 2.05) is 0 Å². The second-order valence-corrected chi connectivity index (χ2v) is 3.59. The highest BCUT2D eigenvalue weighted by atomic mass is 19.1. The molecule has 0 aliphatic heterocycles. The standard InChI is InChI=1S/C12H11FN2O2/c1-7-5-6-17-11(7)12(16)15-10-8(13)3-2-4-9(10)14/h2-6H,14H2,1H3,(H,15,16). The lowest BCUT2D eigenvalue weighted by Crippen LogP contribution is -2.14. The van der Waals surface area contributed by atoms with Crippen molar-refractivity contribution < 1.29 is 13.6 Å². The van der Waals surface area contributed by atoms with Crippen molar-refractivity contribution in [1.82, 2.24) is 0 Å². The minimum atomic E-state index is -0.581. The number of carbonyl (C=O) groups excluding carboxylic acids is 1. The second-order valence-electron chi connectivity index (χ2n) is 3.59. The molecule has 0 aliphatic rings. The number of hydrogen-bond donors (Lipinski definition) is 2. The molecule has 0 fully saturated rings. The highest BCUT2D eigenvalue weighted by molar-refractivity contribution is 6.04. The first-order valence-electron chi connectivity index (χ1n) is 4.99. The molecule has 1 aromatic carbocycles. The summed E-state index contributed by atoms with van der Waals surface area (Å²) >= 11 is 0. The maximum atomic E-state index is 13.4. The number of furan rings is 1. The van der Waals surface area contributed by atoms with Crippen molar-refractivity contribution in [3.8, 4) is 0 Å². The van der Waals surface area contributed by atoms with Gasteiger partial charge in [0.25, 0.3) is 5.91 Å². The van der Waals surface area contributed by atoms with Gasteiger partial charge in [0.15, 0.2) is 5.76 Å².